The van der Waals surface area contributed by atoms with Gasteiger partial charge in [0.25, 0.3) is 5.91 Å². The van der Waals surface area contributed by atoms with Gasteiger partial charge >= 0.3 is 5.97 Å². The highest BCUT2D eigenvalue weighted by atomic mass is 32.1. The van der Waals surface area contributed by atoms with Gasteiger partial charge in [-0.05, 0) is 6.92 Å². The zero-order valence-electron chi connectivity index (χ0n) is 8.43. The SMILES string of the molecule is Cc1nc(N)sc1C(=O)NCC(O)C(=O)O. The Morgan fingerprint density at radius 1 is 1.62 bits per heavy atom. The highest BCUT2D eigenvalue weighted by molar-refractivity contribution is 7.17. The van der Waals surface area contributed by atoms with E-state index in [4.69, 9.17) is 15.9 Å². The standard InChI is InChI=1S/C8H11N3O4S/c1-3-5(16-8(9)11-3)6(13)10-2-4(12)7(14)15/h4,12H,2H2,1H3,(H2,9,11)(H,10,13)(H,14,15). The molecule has 0 bridgehead atoms. The highest BCUT2D eigenvalue weighted by Gasteiger charge is 2.17. The van der Waals surface area contributed by atoms with Gasteiger partial charge in [-0.2, -0.15) is 0 Å². The van der Waals surface area contributed by atoms with Gasteiger partial charge in [-0.1, -0.05) is 11.3 Å². The molecule has 0 aliphatic heterocycles. The average Bonchev–Trinajstić information content (AvgIpc) is 2.53. The van der Waals surface area contributed by atoms with Crippen molar-refractivity contribution in [1.82, 2.24) is 10.3 Å². The second-order valence-corrected chi connectivity index (χ2v) is 4.06. The maximum absolute atomic E-state index is 11.5. The number of anilines is 1. The number of aromatic nitrogens is 1. The number of nitrogens with zero attached hydrogens (tertiary/aromatic N) is 1. The molecule has 0 fully saturated rings. The lowest BCUT2D eigenvalue weighted by molar-refractivity contribution is -0.146. The first-order valence-electron chi connectivity index (χ1n) is 4.33. The van der Waals surface area contributed by atoms with Crippen molar-refractivity contribution in [2.75, 3.05) is 12.3 Å². The normalized spacial score (nSPS) is 12.1. The molecule has 0 aromatic carbocycles. The maximum atomic E-state index is 11.5. The first kappa shape index (κ1) is 12.4. The molecule has 1 atom stereocenters. The van der Waals surface area contributed by atoms with Crippen molar-refractivity contribution in [3.63, 3.8) is 0 Å². The first-order valence-corrected chi connectivity index (χ1v) is 5.15. The molecule has 16 heavy (non-hydrogen) atoms. The van der Waals surface area contributed by atoms with Gasteiger partial charge in [-0.3, -0.25) is 4.79 Å². The van der Waals surface area contributed by atoms with E-state index in [1.165, 1.54) is 0 Å². The first-order chi connectivity index (χ1) is 7.41. The zero-order chi connectivity index (χ0) is 12.3. The molecule has 7 nitrogen and oxygen atoms in total. The molecule has 1 rings (SSSR count). The van der Waals surface area contributed by atoms with Crippen molar-refractivity contribution in [1.29, 1.82) is 0 Å². The molecule has 0 aliphatic rings. The molecule has 0 spiro atoms. The Labute approximate surface area is 94.9 Å². The van der Waals surface area contributed by atoms with E-state index < -0.39 is 18.0 Å². The molecule has 88 valence electrons. The summed E-state index contributed by atoms with van der Waals surface area (Å²) in [5, 5.41) is 19.9. The Balaban J connectivity index is 2.60. The smallest absolute Gasteiger partial charge is 0.334 e. The van der Waals surface area contributed by atoms with Gasteiger partial charge in [0.1, 0.15) is 4.88 Å². The third-order valence-electron chi connectivity index (χ3n) is 1.76. The summed E-state index contributed by atoms with van der Waals surface area (Å²) in [6.45, 7) is 1.26. The number of carbonyl (C=O) groups is 2. The molecule has 1 unspecified atom stereocenters. The van der Waals surface area contributed by atoms with E-state index in [-0.39, 0.29) is 11.7 Å². The predicted molar refractivity (Wildman–Crippen MR) is 57.2 cm³/mol. The van der Waals surface area contributed by atoms with Gasteiger partial charge < -0.3 is 21.3 Å². The Morgan fingerprint density at radius 3 is 2.69 bits per heavy atom. The van der Waals surface area contributed by atoms with Crippen molar-refractivity contribution >= 4 is 28.3 Å². The largest absolute Gasteiger partial charge is 0.479 e. The van der Waals surface area contributed by atoms with Gasteiger partial charge in [0.05, 0.1) is 12.2 Å². The topological polar surface area (TPSA) is 126 Å². The summed E-state index contributed by atoms with van der Waals surface area (Å²) in [5.41, 5.74) is 5.88. The lowest BCUT2D eigenvalue weighted by Crippen LogP contribution is -2.36. The van der Waals surface area contributed by atoms with Crippen LogP contribution < -0.4 is 11.1 Å². The predicted octanol–water partition coefficient (Wildman–Crippen LogP) is -0.791. The van der Waals surface area contributed by atoms with Crippen LogP contribution in [-0.4, -0.2) is 39.7 Å². The number of nitrogens with two attached hydrogens (primary N) is 1. The molecular formula is C8H11N3O4S. The van der Waals surface area contributed by atoms with E-state index >= 15 is 0 Å². The van der Waals surface area contributed by atoms with Crippen LogP contribution >= 0.6 is 11.3 Å². The zero-order valence-corrected chi connectivity index (χ0v) is 9.24. The minimum Gasteiger partial charge on any atom is -0.479 e. The molecule has 0 aliphatic carbocycles. The third-order valence-corrected chi connectivity index (χ3v) is 2.75. The number of nitrogen functional groups attached to an aromatic ring is 1. The van der Waals surface area contributed by atoms with Crippen LogP contribution in [0.2, 0.25) is 0 Å². The van der Waals surface area contributed by atoms with Gasteiger partial charge in [0.15, 0.2) is 11.2 Å². The number of amides is 1. The van der Waals surface area contributed by atoms with E-state index in [1.54, 1.807) is 6.92 Å². The summed E-state index contributed by atoms with van der Waals surface area (Å²) in [7, 11) is 0. The number of carboxylic acid groups (broad SMARTS) is 1. The molecule has 8 heteroatoms. The molecular weight excluding hydrogens is 234 g/mol. The Morgan fingerprint density at radius 2 is 2.25 bits per heavy atom. The quantitative estimate of drug-likeness (QED) is 0.550. The van der Waals surface area contributed by atoms with E-state index in [0.29, 0.717) is 10.6 Å². The molecule has 0 radical (unpaired) electrons. The molecule has 1 heterocycles. The Kier molecular flexibility index (Phi) is 3.80. The maximum Gasteiger partial charge on any atom is 0.334 e. The number of thiazole rings is 1. The van der Waals surface area contributed by atoms with Gasteiger partial charge in [-0.25, -0.2) is 9.78 Å². The number of aliphatic carboxylic acids is 1. The fraction of sp³-hybridized carbons (Fsp3) is 0.375. The summed E-state index contributed by atoms with van der Waals surface area (Å²) >= 11 is 1.01. The lowest BCUT2D eigenvalue weighted by Gasteiger charge is -2.06. The number of aliphatic hydroxyl groups excluding tert-OH is 1. The second kappa shape index (κ2) is 4.90. The van der Waals surface area contributed by atoms with Crippen molar-refractivity contribution in [2.24, 2.45) is 0 Å². The summed E-state index contributed by atoms with van der Waals surface area (Å²) in [5.74, 6) is -1.88. The van der Waals surface area contributed by atoms with E-state index in [0.717, 1.165) is 11.3 Å². The number of aryl methyl sites for hydroxylation is 1. The van der Waals surface area contributed by atoms with Crippen LogP contribution in [0.1, 0.15) is 15.4 Å². The number of carbonyl (C=O) groups excluding carboxylic acids is 1. The van der Waals surface area contributed by atoms with Crippen LogP contribution in [0.3, 0.4) is 0 Å². The van der Waals surface area contributed by atoms with Crippen LogP contribution in [0.25, 0.3) is 0 Å². The number of hydrogen-bond donors (Lipinski definition) is 4. The van der Waals surface area contributed by atoms with Crippen LogP contribution in [0.15, 0.2) is 0 Å². The van der Waals surface area contributed by atoms with Crippen molar-refractivity contribution in [3.8, 4) is 0 Å². The number of aliphatic hydroxyl groups is 1. The van der Waals surface area contributed by atoms with E-state index in [2.05, 4.69) is 10.3 Å². The lowest BCUT2D eigenvalue weighted by atomic mass is 10.3. The summed E-state index contributed by atoms with van der Waals surface area (Å²) in [4.78, 5) is 26.0. The fourth-order valence-corrected chi connectivity index (χ4v) is 1.73. The molecule has 5 N–H and O–H groups in total. The van der Waals surface area contributed by atoms with Crippen molar-refractivity contribution < 1.29 is 19.8 Å². The van der Waals surface area contributed by atoms with E-state index in [1.807, 2.05) is 0 Å². The van der Waals surface area contributed by atoms with Crippen LogP contribution in [0.4, 0.5) is 5.13 Å². The minimum absolute atomic E-state index is 0.265. The van der Waals surface area contributed by atoms with Crippen molar-refractivity contribution in [3.05, 3.63) is 10.6 Å². The highest BCUT2D eigenvalue weighted by Crippen LogP contribution is 2.19. The number of rotatable bonds is 4. The van der Waals surface area contributed by atoms with Crippen LogP contribution in [0, 0.1) is 6.92 Å². The molecule has 1 amide bonds. The molecule has 1 aromatic rings. The fourth-order valence-electron chi connectivity index (χ4n) is 0.985. The van der Waals surface area contributed by atoms with Crippen molar-refractivity contribution in [2.45, 2.75) is 13.0 Å². The van der Waals surface area contributed by atoms with Crippen LogP contribution in [-0.2, 0) is 4.79 Å². The van der Waals surface area contributed by atoms with Gasteiger partial charge in [0.2, 0.25) is 0 Å². The number of carboxylic acids is 1. The molecule has 0 saturated heterocycles. The molecule has 1 aromatic heterocycles. The molecule has 0 saturated carbocycles. The monoisotopic (exact) mass is 245 g/mol. The van der Waals surface area contributed by atoms with Gasteiger partial charge in [-0.15, -0.1) is 0 Å². The Hall–Kier alpha value is -1.67. The minimum atomic E-state index is -1.62. The number of hydrogen-bond acceptors (Lipinski definition) is 6. The summed E-state index contributed by atoms with van der Waals surface area (Å²) in [6.07, 6.45) is -1.62. The van der Waals surface area contributed by atoms with Crippen LogP contribution in [0.5, 0.6) is 0 Å². The Bertz CT molecular complexity index is 417. The second-order valence-electron chi connectivity index (χ2n) is 3.03. The number of nitrogens with one attached hydrogen (secondary N) is 1. The third kappa shape index (κ3) is 2.91. The summed E-state index contributed by atoms with van der Waals surface area (Å²) < 4.78 is 0. The van der Waals surface area contributed by atoms with Gasteiger partial charge in [0, 0.05) is 0 Å². The van der Waals surface area contributed by atoms with E-state index in [9.17, 15) is 9.59 Å². The average molecular weight is 245 g/mol. The summed E-state index contributed by atoms with van der Waals surface area (Å²) in [6, 6.07) is 0.